The van der Waals surface area contributed by atoms with Crippen molar-refractivity contribution in [3.8, 4) is 0 Å². The van der Waals surface area contributed by atoms with Gasteiger partial charge in [0.2, 0.25) is 0 Å². The lowest BCUT2D eigenvalue weighted by atomic mass is 10.0. The van der Waals surface area contributed by atoms with E-state index in [0.29, 0.717) is 5.02 Å². The second kappa shape index (κ2) is 3.61. The van der Waals surface area contributed by atoms with Crippen LogP contribution < -0.4 is 5.32 Å². The molecule has 1 aliphatic heterocycles. The Balaban J connectivity index is 2.07. The van der Waals surface area contributed by atoms with E-state index in [1.54, 1.807) is 6.33 Å². The van der Waals surface area contributed by atoms with Gasteiger partial charge in [-0.1, -0.05) is 11.6 Å². The van der Waals surface area contributed by atoms with Crippen LogP contribution in [-0.4, -0.2) is 26.7 Å². The van der Waals surface area contributed by atoms with Crippen LogP contribution in [0.4, 0.5) is 0 Å². The molecule has 0 saturated carbocycles. The lowest BCUT2D eigenvalue weighted by Crippen LogP contribution is -2.31. The molecule has 0 fully saturated rings. The zero-order valence-electron chi connectivity index (χ0n) is 8.84. The Bertz CT molecular complexity index is 515. The van der Waals surface area contributed by atoms with Gasteiger partial charge >= 0.3 is 0 Å². The highest BCUT2D eigenvalue weighted by Gasteiger charge is 2.27. The molecule has 6 heteroatoms. The minimum absolute atomic E-state index is 0.00699. The zero-order chi connectivity index (χ0) is 11.1. The molecule has 3 N–H and O–H groups in total. The Morgan fingerprint density at radius 2 is 2.31 bits per heavy atom. The SMILES string of the molecule is Cc1[nH]nc([C@@H]2NCCc3[nH]cnc32)c1Cl. The molecular formula is C10H12ClN5. The number of halogens is 1. The van der Waals surface area contributed by atoms with Crippen LogP contribution in [0.3, 0.4) is 0 Å². The van der Waals surface area contributed by atoms with E-state index in [0.717, 1.165) is 30.0 Å². The van der Waals surface area contributed by atoms with Crippen molar-refractivity contribution in [1.82, 2.24) is 25.5 Å². The van der Waals surface area contributed by atoms with Gasteiger partial charge in [-0.15, -0.1) is 0 Å². The minimum atomic E-state index is -0.00699. The number of imidazole rings is 1. The fourth-order valence-electron chi connectivity index (χ4n) is 2.07. The fourth-order valence-corrected chi connectivity index (χ4v) is 2.26. The predicted octanol–water partition coefficient (Wildman–Crippen LogP) is 1.33. The summed E-state index contributed by atoms with van der Waals surface area (Å²) in [7, 11) is 0. The number of nitrogens with zero attached hydrogens (tertiary/aromatic N) is 2. The van der Waals surface area contributed by atoms with Gasteiger partial charge in [-0.3, -0.25) is 5.10 Å². The van der Waals surface area contributed by atoms with E-state index in [1.165, 1.54) is 5.69 Å². The van der Waals surface area contributed by atoms with E-state index in [9.17, 15) is 0 Å². The standard InChI is InChI=1S/C10H12ClN5/c1-5-7(11)9(16-15-5)10-8-6(2-3-12-10)13-4-14-8/h4,10,12H,2-3H2,1H3,(H,13,14)(H,15,16)/t10-/m1/s1. The van der Waals surface area contributed by atoms with Gasteiger partial charge in [0.25, 0.3) is 0 Å². The Morgan fingerprint density at radius 1 is 1.44 bits per heavy atom. The Morgan fingerprint density at radius 3 is 3.06 bits per heavy atom. The van der Waals surface area contributed by atoms with Crippen molar-refractivity contribution < 1.29 is 0 Å². The van der Waals surface area contributed by atoms with Gasteiger partial charge in [0.15, 0.2) is 0 Å². The van der Waals surface area contributed by atoms with E-state index in [1.807, 2.05) is 6.92 Å². The van der Waals surface area contributed by atoms with Crippen molar-refractivity contribution in [3.05, 3.63) is 34.1 Å². The molecule has 5 nitrogen and oxygen atoms in total. The quantitative estimate of drug-likeness (QED) is 0.701. The van der Waals surface area contributed by atoms with Crippen molar-refractivity contribution in [1.29, 1.82) is 0 Å². The van der Waals surface area contributed by atoms with Crippen LogP contribution in [0, 0.1) is 6.92 Å². The Kier molecular flexibility index (Phi) is 2.22. The maximum Gasteiger partial charge on any atom is 0.104 e. The molecule has 2 aromatic rings. The van der Waals surface area contributed by atoms with Gasteiger partial charge in [0.1, 0.15) is 5.69 Å². The van der Waals surface area contributed by atoms with E-state index >= 15 is 0 Å². The van der Waals surface area contributed by atoms with Gasteiger partial charge in [0.05, 0.1) is 28.8 Å². The minimum Gasteiger partial charge on any atom is -0.348 e. The first-order valence-corrected chi connectivity index (χ1v) is 5.61. The van der Waals surface area contributed by atoms with Crippen molar-refractivity contribution in [3.63, 3.8) is 0 Å². The smallest absolute Gasteiger partial charge is 0.104 e. The molecule has 0 radical (unpaired) electrons. The number of nitrogens with one attached hydrogen (secondary N) is 3. The number of hydrogen-bond donors (Lipinski definition) is 3. The van der Waals surface area contributed by atoms with Crippen molar-refractivity contribution >= 4 is 11.6 Å². The molecule has 84 valence electrons. The van der Waals surface area contributed by atoms with Gasteiger partial charge in [-0.2, -0.15) is 5.10 Å². The summed E-state index contributed by atoms with van der Waals surface area (Å²) >= 11 is 6.20. The van der Waals surface area contributed by atoms with Crippen molar-refractivity contribution in [2.75, 3.05) is 6.54 Å². The number of fused-ring (bicyclic) bond motifs is 1. The van der Waals surface area contributed by atoms with Crippen LogP contribution in [0.25, 0.3) is 0 Å². The lowest BCUT2D eigenvalue weighted by Gasteiger charge is -2.21. The molecule has 0 spiro atoms. The maximum atomic E-state index is 6.20. The zero-order valence-corrected chi connectivity index (χ0v) is 9.60. The van der Waals surface area contributed by atoms with Crippen LogP contribution >= 0.6 is 11.6 Å². The number of aryl methyl sites for hydroxylation is 1. The van der Waals surface area contributed by atoms with Crippen LogP contribution in [0.1, 0.15) is 28.8 Å². The first-order valence-electron chi connectivity index (χ1n) is 5.23. The summed E-state index contributed by atoms with van der Waals surface area (Å²) in [6.45, 7) is 2.81. The molecule has 2 aromatic heterocycles. The topological polar surface area (TPSA) is 69.4 Å². The number of hydrogen-bond acceptors (Lipinski definition) is 3. The number of rotatable bonds is 1. The summed E-state index contributed by atoms with van der Waals surface area (Å²) in [4.78, 5) is 7.49. The highest BCUT2D eigenvalue weighted by atomic mass is 35.5. The first kappa shape index (κ1) is 9.86. The van der Waals surface area contributed by atoms with Crippen LogP contribution in [0.2, 0.25) is 5.02 Å². The predicted molar refractivity (Wildman–Crippen MR) is 60.5 cm³/mol. The largest absolute Gasteiger partial charge is 0.348 e. The molecule has 1 aliphatic rings. The number of H-pyrrole nitrogens is 2. The molecule has 0 bridgehead atoms. The third kappa shape index (κ3) is 1.36. The average molecular weight is 238 g/mol. The van der Waals surface area contributed by atoms with E-state index in [4.69, 9.17) is 11.6 Å². The summed E-state index contributed by atoms with van der Waals surface area (Å²) in [5, 5.41) is 11.2. The monoisotopic (exact) mass is 237 g/mol. The molecule has 0 unspecified atom stereocenters. The molecule has 3 heterocycles. The third-order valence-electron chi connectivity index (χ3n) is 2.92. The Hall–Kier alpha value is -1.33. The average Bonchev–Trinajstić information content (AvgIpc) is 2.87. The van der Waals surface area contributed by atoms with E-state index in [-0.39, 0.29) is 6.04 Å². The summed E-state index contributed by atoms with van der Waals surface area (Å²) < 4.78 is 0. The van der Waals surface area contributed by atoms with Crippen LogP contribution in [0.15, 0.2) is 6.33 Å². The molecular weight excluding hydrogens is 226 g/mol. The van der Waals surface area contributed by atoms with Gasteiger partial charge in [-0.05, 0) is 6.92 Å². The molecule has 0 aromatic carbocycles. The van der Waals surface area contributed by atoms with Crippen LogP contribution in [0.5, 0.6) is 0 Å². The summed E-state index contributed by atoms with van der Waals surface area (Å²) in [5.41, 5.74) is 3.88. The first-order chi connectivity index (χ1) is 7.77. The van der Waals surface area contributed by atoms with Crippen molar-refractivity contribution in [2.45, 2.75) is 19.4 Å². The summed E-state index contributed by atoms with van der Waals surface area (Å²) in [5.74, 6) is 0. The second-order valence-electron chi connectivity index (χ2n) is 3.95. The summed E-state index contributed by atoms with van der Waals surface area (Å²) in [6, 6.07) is -0.00699. The van der Waals surface area contributed by atoms with Gasteiger partial charge in [0, 0.05) is 18.7 Å². The number of aromatic nitrogens is 4. The third-order valence-corrected chi connectivity index (χ3v) is 3.40. The molecule has 16 heavy (non-hydrogen) atoms. The summed E-state index contributed by atoms with van der Waals surface area (Å²) in [6.07, 6.45) is 2.69. The maximum absolute atomic E-state index is 6.20. The second-order valence-corrected chi connectivity index (χ2v) is 4.33. The molecule has 0 saturated heterocycles. The van der Waals surface area contributed by atoms with Crippen molar-refractivity contribution in [2.24, 2.45) is 0 Å². The lowest BCUT2D eigenvalue weighted by molar-refractivity contribution is 0.542. The number of aromatic amines is 2. The molecule has 1 atom stereocenters. The highest BCUT2D eigenvalue weighted by molar-refractivity contribution is 6.31. The van der Waals surface area contributed by atoms with Gasteiger partial charge < -0.3 is 10.3 Å². The molecule has 0 aliphatic carbocycles. The van der Waals surface area contributed by atoms with E-state index in [2.05, 4.69) is 25.5 Å². The highest BCUT2D eigenvalue weighted by Crippen LogP contribution is 2.30. The van der Waals surface area contributed by atoms with E-state index < -0.39 is 0 Å². The molecule has 3 rings (SSSR count). The normalized spacial score (nSPS) is 19.8. The fraction of sp³-hybridized carbons (Fsp3) is 0.400. The van der Waals surface area contributed by atoms with Gasteiger partial charge in [-0.25, -0.2) is 4.98 Å². The Labute approximate surface area is 97.6 Å². The molecule has 0 amide bonds. The van der Waals surface area contributed by atoms with Crippen LogP contribution in [-0.2, 0) is 6.42 Å².